The van der Waals surface area contributed by atoms with Gasteiger partial charge in [0.2, 0.25) is 0 Å². The highest BCUT2D eigenvalue weighted by atomic mass is 16.7. The molecule has 1 saturated carbocycles. The van der Waals surface area contributed by atoms with Crippen molar-refractivity contribution in [2.45, 2.75) is 62.4 Å². The van der Waals surface area contributed by atoms with Gasteiger partial charge in [-0.2, -0.15) is 0 Å². The SMILES string of the molecule is COCOc1ccc(C2=CCC3(CC2)OCCO3)c(OCOC)c1.COCOc1ccc(C2CCC3(CC2)OCCO3)c(OCOC)c1. The highest BCUT2D eigenvalue weighted by Gasteiger charge is 2.41. The van der Waals surface area contributed by atoms with Gasteiger partial charge in [-0.15, -0.1) is 0 Å². The number of rotatable bonds is 14. The van der Waals surface area contributed by atoms with Gasteiger partial charge >= 0.3 is 0 Å². The van der Waals surface area contributed by atoms with Crippen molar-refractivity contribution in [2.75, 3.05) is 82.0 Å². The van der Waals surface area contributed by atoms with E-state index in [0.29, 0.717) is 38.1 Å². The summed E-state index contributed by atoms with van der Waals surface area (Å²) in [6.07, 6.45) is 8.54. The summed E-state index contributed by atoms with van der Waals surface area (Å²) in [5, 5.41) is 0. The quantitative estimate of drug-likeness (QED) is 0.219. The van der Waals surface area contributed by atoms with E-state index in [1.165, 1.54) is 11.1 Å². The van der Waals surface area contributed by atoms with Crippen molar-refractivity contribution in [3.8, 4) is 23.0 Å². The van der Waals surface area contributed by atoms with E-state index in [9.17, 15) is 0 Å². The predicted octanol–water partition coefficient (Wildman–Crippen LogP) is 6.02. The van der Waals surface area contributed by atoms with Gasteiger partial charge in [-0.3, -0.25) is 0 Å². The minimum Gasteiger partial charge on any atom is -0.467 e. The lowest BCUT2D eigenvalue weighted by atomic mass is 9.80. The molecule has 0 unspecified atom stereocenters. The van der Waals surface area contributed by atoms with Crippen LogP contribution in [-0.2, 0) is 37.9 Å². The van der Waals surface area contributed by atoms with E-state index in [4.69, 9.17) is 56.8 Å². The first kappa shape index (κ1) is 36.3. The Labute approximate surface area is 283 Å². The van der Waals surface area contributed by atoms with Gasteiger partial charge in [-0.25, -0.2) is 0 Å². The summed E-state index contributed by atoms with van der Waals surface area (Å²) in [6, 6.07) is 11.7. The van der Waals surface area contributed by atoms with Gasteiger partial charge in [0, 0.05) is 71.8 Å². The molecule has 12 nitrogen and oxygen atoms in total. The van der Waals surface area contributed by atoms with Crippen LogP contribution in [0.5, 0.6) is 23.0 Å². The van der Waals surface area contributed by atoms with Crippen molar-refractivity contribution in [1.82, 2.24) is 0 Å². The zero-order valence-corrected chi connectivity index (χ0v) is 28.6. The average Bonchev–Trinajstić information content (AvgIpc) is 3.79. The molecule has 0 atom stereocenters. The van der Waals surface area contributed by atoms with Crippen LogP contribution in [0.4, 0.5) is 0 Å². The Morgan fingerprint density at radius 2 is 1.12 bits per heavy atom. The maximum atomic E-state index is 5.82. The third kappa shape index (κ3) is 9.60. The molecule has 2 aliphatic carbocycles. The van der Waals surface area contributed by atoms with E-state index in [1.807, 2.05) is 30.3 Å². The Bertz CT molecular complexity index is 1290. The molecule has 0 aromatic heterocycles. The number of ether oxygens (including phenoxy) is 12. The molecule has 2 aromatic carbocycles. The van der Waals surface area contributed by atoms with Gasteiger partial charge in [0.25, 0.3) is 0 Å². The molecule has 2 aromatic rings. The molecular weight excluding hydrogens is 624 g/mol. The van der Waals surface area contributed by atoms with E-state index in [-0.39, 0.29) is 33.0 Å². The highest BCUT2D eigenvalue weighted by molar-refractivity contribution is 5.72. The lowest BCUT2D eigenvalue weighted by Crippen LogP contribution is -2.34. The summed E-state index contributed by atoms with van der Waals surface area (Å²) in [5.74, 6) is 2.63. The Kier molecular flexibility index (Phi) is 13.8. The fourth-order valence-corrected chi connectivity index (χ4v) is 6.51. The predicted molar refractivity (Wildman–Crippen MR) is 175 cm³/mol. The maximum Gasteiger partial charge on any atom is 0.188 e. The van der Waals surface area contributed by atoms with Crippen LogP contribution in [-0.4, -0.2) is 93.6 Å². The molecule has 0 amide bonds. The second-order valence-electron chi connectivity index (χ2n) is 12.0. The van der Waals surface area contributed by atoms with Crippen LogP contribution in [0.1, 0.15) is 62.0 Å². The topological polar surface area (TPSA) is 111 Å². The Hall–Kier alpha value is -2.94. The second kappa shape index (κ2) is 18.2. The molecule has 2 heterocycles. The molecule has 0 bridgehead atoms. The normalized spacial score (nSPS) is 19.9. The van der Waals surface area contributed by atoms with Gasteiger partial charge in [-0.05, 0) is 54.5 Å². The minimum absolute atomic E-state index is 0.185. The maximum absolute atomic E-state index is 5.82. The third-order valence-electron chi connectivity index (χ3n) is 8.88. The molecular formula is C36H50O12. The molecule has 6 rings (SSSR count). The van der Waals surface area contributed by atoms with Crippen molar-refractivity contribution in [3.63, 3.8) is 0 Å². The smallest absolute Gasteiger partial charge is 0.188 e. The molecule has 2 saturated heterocycles. The Balaban J connectivity index is 0.000000188. The zero-order valence-electron chi connectivity index (χ0n) is 28.6. The fraction of sp³-hybridized carbons (Fsp3) is 0.611. The van der Waals surface area contributed by atoms with Crippen LogP contribution in [0, 0.1) is 0 Å². The fourth-order valence-electron chi connectivity index (χ4n) is 6.51. The van der Waals surface area contributed by atoms with Crippen LogP contribution in [0.3, 0.4) is 0 Å². The molecule has 2 spiro atoms. The van der Waals surface area contributed by atoms with Gasteiger partial charge in [0.1, 0.15) is 23.0 Å². The van der Waals surface area contributed by atoms with E-state index < -0.39 is 5.79 Å². The van der Waals surface area contributed by atoms with Crippen LogP contribution >= 0.6 is 0 Å². The monoisotopic (exact) mass is 674 g/mol. The number of benzene rings is 2. The van der Waals surface area contributed by atoms with E-state index >= 15 is 0 Å². The highest BCUT2D eigenvalue weighted by Crippen LogP contribution is 2.45. The summed E-state index contributed by atoms with van der Waals surface area (Å²) in [6.45, 7) is 3.57. The standard InChI is InChI=1S/C18H26O6.C18H24O6/c2*1-19-12-21-15-3-4-16(17(11-15)22-13-20-2)14-5-7-18(8-6-14)23-9-10-24-18/h3-4,11,14H,5-10,12-13H2,1-2H3;3-5,11H,6-10,12-13H2,1-2H3. The van der Waals surface area contributed by atoms with E-state index in [2.05, 4.69) is 12.1 Å². The summed E-state index contributed by atoms with van der Waals surface area (Å²) in [4.78, 5) is 0. The molecule has 2 aliphatic heterocycles. The van der Waals surface area contributed by atoms with Crippen molar-refractivity contribution in [2.24, 2.45) is 0 Å². The van der Waals surface area contributed by atoms with Crippen molar-refractivity contribution in [1.29, 1.82) is 0 Å². The third-order valence-corrected chi connectivity index (χ3v) is 8.88. The van der Waals surface area contributed by atoms with Crippen LogP contribution in [0.25, 0.3) is 5.57 Å². The number of hydrogen-bond acceptors (Lipinski definition) is 12. The summed E-state index contributed by atoms with van der Waals surface area (Å²) in [7, 11) is 6.40. The number of hydrogen-bond donors (Lipinski definition) is 0. The average molecular weight is 675 g/mol. The van der Waals surface area contributed by atoms with Gasteiger partial charge in [-0.1, -0.05) is 12.1 Å². The first-order valence-electron chi connectivity index (χ1n) is 16.5. The van der Waals surface area contributed by atoms with Gasteiger partial charge in [0.15, 0.2) is 38.7 Å². The van der Waals surface area contributed by atoms with Gasteiger partial charge in [0.05, 0.1) is 26.4 Å². The van der Waals surface area contributed by atoms with Crippen molar-refractivity contribution in [3.05, 3.63) is 53.6 Å². The van der Waals surface area contributed by atoms with Crippen LogP contribution in [0.2, 0.25) is 0 Å². The molecule has 12 heteroatoms. The van der Waals surface area contributed by atoms with E-state index in [1.54, 1.807) is 28.4 Å². The largest absolute Gasteiger partial charge is 0.467 e. The van der Waals surface area contributed by atoms with Crippen molar-refractivity contribution >= 4 is 5.57 Å². The molecule has 3 fully saturated rings. The zero-order chi connectivity index (χ0) is 33.7. The lowest BCUT2D eigenvalue weighted by molar-refractivity contribution is -0.178. The van der Waals surface area contributed by atoms with Crippen LogP contribution < -0.4 is 18.9 Å². The van der Waals surface area contributed by atoms with Crippen molar-refractivity contribution < 1.29 is 56.8 Å². The summed E-state index contributed by atoms with van der Waals surface area (Å²) in [5.41, 5.74) is 3.46. The summed E-state index contributed by atoms with van der Waals surface area (Å²) >= 11 is 0. The minimum atomic E-state index is -0.418. The first-order chi connectivity index (χ1) is 23.5. The van der Waals surface area contributed by atoms with Crippen LogP contribution in [0.15, 0.2) is 42.5 Å². The molecule has 48 heavy (non-hydrogen) atoms. The van der Waals surface area contributed by atoms with Gasteiger partial charge < -0.3 is 56.8 Å². The Morgan fingerprint density at radius 3 is 1.69 bits per heavy atom. The molecule has 4 aliphatic rings. The van der Waals surface area contributed by atoms with E-state index in [0.717, 1.165) is 67.8 Å². The lowest BCUT2D eigenvalue weighted by Gasteiger charge is -2.36. The molecule has 266 valence electrons. The Morgan fingerprint density at radius 1 is 0.604 bits per heavy atom. The second-order valence-corrected chi connectivity index (χ2v) is 12.0. The number of allylic oxidation sites excluding steroid dienone is 1. The summed E-state index contributed by atoms with van der Waals surface area (Å²) < 4.78 is 65.7. The first-order valence-corrected chi connectivity index (χ1v) is 16.5. The molecule has 0 radical (unpaired) electrons. The number of methoxy groups -OCH3 is 4. The molecule has 0 N–H and O–H groups in total.